The van der Waals surface area contributed by atoms with Gasteiger partial charge >= 0.3 is 5.82 Å². The number of fused-ring (bicyclic) bond motifs is 1. The number of pyridine rings is 1. The Balaban J connectivity index is 2.46. The molecule has 0 N–H and O–H groups in total. The van der Waals surface area contributed by atoms with Crippen molar-refractivity contribution in [1.29, 1.82) is 0 Å². The maximum Gasteiger partial charge on any atom is 0.366 e. The van der Waals surface area contributed by atoms with E-state index in [1.807, 2.05) is 6.92 Å². The van der Waals surface area contributed by atoms with Crippen molar-refractivity contribution in [1.82, 2.24) is 4.98 Å². The summed E-state index contributed by atoms with van der Waals surface area (Å²) < 4.78 is 5.42. The molecule has 0 aliphatic carbocycles. The van der Waals surface area contributed by atoms with E-state index < -0.39 is 11.0 Å². The summed E-state index contributed by atoms with van der Waals surface area (Å²) in [6, 6.07) is 2.72. The van der Waals surface area contributed by atoms with Crippen LogP contribution in [0, 0.1) is 10.1 Å². The number of hydrogen-bond donors (Lipinski definition) is 0. The Kier molecular flexibility index (Phi) is 2.66. The molecule has 1 aromatic heterocycles. The standard InChI is InChI=1S/C10H11N3O4/c1-3-6-10(14)12(2)9-7(17-6)4-5-8(11-9)13(15)16/h4-6H,3H2,1-2H3. The van der Waals surface area contributed by atoms with Crippen LogP contribution in [0.3, 0.4) is 0 Å². The number of ether oxygens (including phenoxy) is 1. The van der Waals surface area contributed by atoms with Crippen LogP contribution in [0.5, 0.6) is 5.75 Å². The van der Waals surface area contributed by atoms with E-state index in [9.17, 15) is 14.9 Å². The van der Waals surface area contributed by atoms with Crippen molar-refractivity contribution >= 4 is 17.5 Å². The van der Waals surface area contributed by atoms with Crippen LogP contribution in [0.4, 0.5) is 11.6 Å². The van der Waals surface area contributed by atoms with Gasteiger partial charge in [-0.25, -0.2) is 0 Å². The van der Waals surface area contributed by atoms with Crippen LogP contribution in [0.1, 0.15) is 13.3 Å². The summed E-state index contributed by atoms with van der Waals surface area (Å²) >= 11 is 0. The molecule has 0 fully saturated rings. The third-order valence-electron chi connectivity index (χ3n) is 2.58. The van der Waals surface area contributed by atoms with Gasteiger partial charge in [0.05, 0.1) is 0 Å². The molecule has 0 radical (unpaired) electrons. The molecule has 0 saturated heterocycles. The average Bonchev–Trinajstić information content (AvgIpc) is 2.33. The van der Waals surface area contributed by atoms with Crippen molar-refractivity contribution in [3.63, 3.8) is 0 Å². The van der Waals surface area contributed by atoms with Gasteiger partial charge in [-0.05, 0) is 22.4 Å². The van der Waals surface area contributed by atoms with Gasteiger partial charge in [-0.3, -0.25) is 9.69 Å². The SMILES string of the molecule is CCC1Oc2ccc([N+](=O)[O-])nc2N(C)C1=O. The van der Waals surface area contributed by atoms with Crippen LogP contribution < -0.4 is 9.64 Å². The Morgan fingerprint density at radius 2 is 2.29 bits per heavy atom. The number of carbonyl (C=O) groups excluding carboxylic acids is 1. The zero-order valence-electron chi connectivity index (χ0n) is 9.41. The maximum atomic E-state index is 11.8. The second kappa shape index (κ2) is 4.00. The van der Waals surface area contributed by atoms with Crippen LogP contribution in [-0.4, -0.2) is 29.0 Å². The number of hydrogen-bond acceptors (Lipinski definition) is 5. The van der Waals surface area contributed by atoms with Gasteiger partial charge in [-0.15, -0.1) is 0 Å². The summed E-state index contributed by atoms with van der Waals surface area (Å²) in [5, 5.41) is 10.6. The zero-order chi connectivity index (χ0) is 12.6. The third-order valence-corrected chi connectivity index (χ3v) is 2.58. The molecular formula is C10H11N3O4. The van der Waals surface area contributed by atoms with Crippen molar-refractivity contribution in [2.75, 3.05) is 11.9 Å². The zero-order valence-corrected chi connectivity index (χ0v) is 9.41. The van der Waals surface area contributed by atoms with Crippen LogP contribution in [0.15, 0.2) is 12.1 Å². The summed E-state index contributed by atoms with van der Waals surface area (Å²) in [6.45, 7) is 1.83. The topological polar surface area (TPSA) is 85.6 Å². The summed E-state index contributed by atoms with van der Waals surface area (Å²) in [7, 11) is 1.53. The highest BCUT2D eigenvalue weighted by molar-refractivity contribution is 5.98. The Labute approximate surface area is 97.2 Å². The molecule has 7 heteroatoms. The van der Waals surface area contributed by atoms with E-state index in [2.05, 4.69) is 4.98 Å². The molecule has 17 heavy (non-hydrogen) atoms. The predicted molar refractivity (Wildman–Crippen MR) is 59.0 cm³/mol. The average molecular weight is 237 g/mol. The van der Waals surface area contributed by atoms with Gasteiger partial charge in [0.15, 0.2) is 11.9 Å². The Morgan fingerprint density at radius 1 is 1.59 bits per heavy atom. The van der Waals surface area contributed by atoms with Crippen molar-refractivity contribution in [2.24, 2.45) is 0 Å². The lowest BCUT2D eigenvalue weighted by atomic mass is 10.2. The van der Waals surface area contributed by atoms with Crippen LogP contribution in [0.25, 0.3) is 0 Å². The Bertz CT molecular complexity index is 488. The lowest BCUT2D eigenvalue weighted by Gasteiger charge is -2.27. The van der Waals surface area contributed by atoms with E-state index in [4.69, 9.17) is 4.74 Å². The fraction of sp³-hybridized carbons (Fsp3) is 0.400. The molecule has 1 aliphatic heterocycles. The molecule has 1 aliphatic rings. The number of carbonyl (C=O) groups is 1. The van der Waals surface area contributed by atoms with E-state index in [0.29, 0.717) is 12.2 Å². The number of anilines is 1. The summed E-state index contributed by atoms with van der Waals surface area (Å²) in [5.41, 5.74) is 0. The van der Waals surface area contributed by atoms with Gasteiger partial charge in [0.1, 0.15) is 0 Å². The van der Waals surface area contributed by atoms with E-state index in [-0.39, 0.29) is 17.5 Å². The van der Waals surface area contributed by atoms with Crippen LogP contribution >= 0.6 is 0 Å². The number of likely N-dealkylation sites (N-methyl/N-ethyl adjacent to an activating group) is 1. The molecule has 1 unspecified atom stereocenters. The fourth-order valence-electron chi connectivity index (χ4n) is 1.64. The Hall–Kier alpha value is -2.18. The smallest absolute Gasteiger partial charge is 0.366 e. The fourth-order valence-corrected chi connectivity index (χ4v) is 1.64. The number of nitrogens with zero attached hydrogens (tertiary/aromatic N) is 3. The first-order chi connectivity index (χ1) is 8.04. The monoisotopic (exact) mass is 237 g/mol. The second-order valence-corrected chi connectivity index (χ2v) is 3.66. The van der Waals surface area contributed by atoms with E-state index in [1.54, 1.807) is 0 Å². The minimum atomic E-state index is -0.607. The molecule has 1 aromatic rings. The third kappa shape index (κ3) is 1.79. The van der Waals surface area contributed by atoms with Crippen molar-refractivity contribution in [2.45, 2.75) is 19.4 Å². The second-order valence-electron chi connectivity index (χ2n) is 3.66. The first-order valence-corrected chi connectivity index (χ1v) is 5.14. The van der Waals surface area contributed by atoms with Crippen molar-refractivity contribution < 1.29 is 14.5 Å². The largest absolute Gasteiger partial charge is 0.474 e. The van der Waals surface area contributed by atoms with Gasteiger partial charge in [-0.1, -0.05) is 6.92 Å². The molecule has 0 spiro atoms. The first-order valence-electron chi connectivity index (χ1n) is 5.14. The minimum absolute atomic E-state index is 0.189. The quantitative estimate of drug-likeness (QED) is 0.568. The van der Waals surface area contributed by atoms with E-state index in [1.165, 1.54) is 24.1 Å². The first kappa shape index (κ1) is 11.3. The van der Waals surface area contributed by atoms with Gasteiger partial charge in [0, 0.05) is 13.1 Å². The molecule has 0 aromatic carbocycles. The molecule has 2 rings (SSSR count). The molecule has 1 atom stereocenters. The van der Waals surface area contributed by atoms with Crippen molar-refractivity contribution in [3.05, 3.63) is 22.2 Å². The number of rotatable bonds is 2. The number of amides is 1. The van der Waals surface area contributed by atoms with Crippen LogP contribution in [-0.2, 0) is 4.79 Å². The normalized spacial score (nSPS) is 18.6. The highest BCUT2D eigenvalue weighted by Crippen LogP contribution is 2.33. The molecular weight excluding hydrogens is 226 g/mol. The minimum Gasteiger partial charge on any atom is -0.474 e. The highest BCUT2D eigenvalue weighted by atomic mass is 16.6. The predicted octanol–water partition coefficient (Wildman–Crippen LogP) is 1.12. The summed E-state index contributed by atoms with van der Waals surface area (Å²) in [4.78, 5) is 26.9. The van der Waals surface area contributed by atoms with E-state index in [0.717, 1.165) is 0 Å². The van der Waals surface area contributed by atoms with Crippen LogP contribution in [0.2, 0.25) is 0 Å². The molecule has 0 saturated carbocycles. The molecule has 2 heterocycles. The van der Waals surface area contributed by atoms with E-state index >= 15 is 0 Å². The summed E-state index contributed by atoms with van der Waals surface area (Å²) in [6.07, 6.45) is -0.00433. The highest BCUT2D eigenvalue weighted by Gasteiger charge is 2.35. The molecule has 7 nitrogen and oxygen atoms in total. The van der Waals surface area contributed by atoms with Gasteiger partial charge < -0.3 is 14.9 Å². The lowest BCUT2D eigenvalue weighted by molar-refractivity contribution is -0.389. The van der Waals surface area contributed by atoms with Crippen molar-refractivity contribution in [3.8, 4) is 5.75 Å². The number of nitro groups is 1. The van der Waals surface area contributed by atoms with Gasteiger partial charge in [0.25, 0.3) is 11.7 Å². The van der Waals surface area contributed by atoms with Gasteiger partial charge in [0.2, 0.25) is 0 Å². The number of aromatic nitrogens is 1. The van der Waals surface area contributed by atoms with Gasteiger partial charge in [-0.2, -0.15) is 0 Å². The molecule has 1 amide bonds. The molecule has 0 bridgehead atoms. The maximum absolute atomic E-state index is 11.8. The molecule has 90 valence electrons. The Morgan fingerprint density at radius 3 is 2.88 bits per heavy atom. The summed E-state index contributed by atoms with van der Waals surface area (Å²) in [5.74, 6) is 0.0356. The lowest BCUT2D eigenvalue weighted by Crippen LogP contribution is -2.43.